The third-order valence-electron chi connectivity index (χ3n) is 2.24. The quantitative estimate of drug-likeness (QED) is 0.646. The molecule has 74 valence electrons. The van der Waals surface area contributed by atoms with E-state index in [0.29, 0.717) is 19.4 Å². The van der Waals surface area contributed by atoms with E-state index in [1.807, 2.05) is 0 Å². The zero-order valence-corrected chi connectivity index (χ0v) is 7.77. The number of hydrogen-bond acceptors (Lipinski definition) is 3. The minimum Gasteiger partial charge on any atom is -0.453 e. The lowest BCUT2D eigenvalue weighted by molar-refractivity contribution is 0.113. The van der Waals surface area contributed by atoms with Crippen LogP contribution in [0.5, 0.6) is 0 Å². The van der Waals surface area contributed by atoms with Crippen LogP contribution in [-0.2, 0) is 4.74 Å². The summed E-state index contributed by atoms with van der Waals surface area (Å²) in [7, 11) is 1.35. The van der Waals surface area contributed by atoms with Crippen molar-refractivity contribution in [2.45, 2.75) is 25.0 Å². The van der Waals surface area contributed by atoms with Crippen molar-refractivity contribution in [2.75, 3.05) is 13.7 Å². The van der Waals surface area contributed by atoms with Gasteiger partial charge < -0.3 is 14.7 Å². The van der Waals surface area contributed by atoms with Crippen LogP contribution in [0, 0.1) is 0 Å². The predicted octanol–water partition coefficient (Wildman–Crippen LogP) is 0.764. The summed E-state index contributed by atoms with van der Waals surface area (Å²) in [5.41, 5.74) is 0. The summed E-state index contributed by atoms with van der Waals surface area (Å²) >= 11 is 0. The first-order valence-corrected chi connectivity index (χ1v) is 4.32. The number of aliphatic hydroxyl groups excluding tert-OH is 1. The van der Waals surface area contributed by atoms with E-state index in [4.69, 9.17) is 0 Å². The Balaban J connectivity index is 2.59. The zero-order valence-electron chi connectivity index (χ0n) is 7.77. The van der Waals surface area contributed by atoms with E-state index in [9.17, 15) is 9.90 Å². The van der Waals surface area contributed by atoms with E-state index < -0.39 is 6.10 Å². The number of aliphatic hydroxyl groups is 1. The molecule has 1 aliphatic heterocycles. The van der Waals surface area contributed by atoms with Crippen LogP contribution in [0.4, 0.5) is 4.79 Å². The first kappa shape index (κ1) is 10.1. The molecule has 4 nitrogen and oxygen atoms in total. The fourth-order valence-corrected chi connectivity index (χ4v) is 1.65. The van der Waals surface area contributed by atoms with Gasteiger partial charge in [0.25, 0.3) is 0 Å². The summed E-state index contributed by atoms with van der Waals surface area (Å²) in [6.07, 6.45) is 2.26. The first-order chi connectivity index (χ1) is 6.19. The molecule has 0 aromatic heterocycles. The largest absolute Gasteiger partial charge is 0.453 e. The van der Waals surface area contributed by atoms with Gasteiger partial charge in [0.2, 0.25) is 0 Å². The van der Waals surface area contributed by atoms with Crippen molar-refractivity contribution in [3.8, 4) is 0 Å². The van der Waals surface area contributed by atoms with Crippen LogP contribution in [0.3, 0.4) is 0 Å². The third kappa shape index (κ3) is 2.21. The second-order valence-corrected chi connectivity index (χ2v) is 3.19. The molecule has 1 rings (SSSR count). The van der Waals surface area contributed by atoms with Crippen LogP contribution in [0.15, 0.2) is 12.7 Å². The maximum Gasteiger partial charge on any atom is 0.409 e. The van der Waals surface area contributed by atoms with Gasteiger partial charge in [-0.3, -0.25) is 0 Å². The van der Waals surface area contributed by atoms with Crippen LogP contribution < -0.4 is 0 Å². The number of methoxy groups -OCH3 is 1. The van der Waals surface area contributed by atoms with Crippen molar-refractivity contribution in [3.63, 3.8) is 0 Å². The molecule has 1 amide bonds. The molecule has 1 N–H and O–H groups in total. The zero-order chi connectivity index (χ0) is 9.84. The molecule has 1 heterocycles. The van der Waals surface area contributed by atoms with Crippen molar-refractivity contribution in [1.82, 2.24) is 4.90 Å². The Morgan fingerprint density at radius 3 is 3.08 bits per heavy atom. The highest BCUT2D eigenvalue weighted by molar-refractivity contribution is 5.68. The van der Waals surface area contributed by atoms with E-state index in [0.717, 1.165) is 0 Å². The molecule has 0 bridgehead atoms. The van der Waals surface area contributed by atoms with Gasteiger partial charge in [-0.1, -0.05) is 6.08 Å². The Morgan fingerprint density at radius 2 is 2.54 bits per heavy atom. The monoisotopic (exact) mass is 185 g/mol. The number of nitrogens with zero attached hydrogens (tertiary/aromatic N) is 1. The van der Waals surface area contributed by atoms with Crippen LogP contribution in [0.25, 0.3) is 0 Å². The Labute approximate surface area is 77.8 Å². The average molecular weight is 185 g/mol. The summed E-state index contributed by atoms with van der Waals surface area (Å²) in [6.45, 7) is 3.97. The van der Waals surface area contributed by atoms with Gasteiger partial charge in [0.15, 0.2) is 0 Å². The maximum atomic E-state index is 11.2. The predicted molar refractivity (Wildman–Crippen MR) is 48.3 cm³/mol. The Bertz CT molecular complexity index is 205. The minimum atomic E-state index is -0.427. The first-order valence-electron chi connectivity index (χ1n) is 4.32. The van der Waals surface area contributed by atoms with Gasteiger partial charge in [-0.25, -0.2) is 4.79 Å². The van der Waals surface area contributed by atoms with Crippen LogP contribution in [-0.4, -0.2) is 41.9 Å². The topological polar surface area (TPSA) is 49.8 Å². The Kier molecular flexibility index (Phi) is 3.31. The molecule has 1 aliphatic rings. The molecule has 0 aromatic rings. The highest BCUT2D eigenvalue weighted by atomic mass is 16.5. The number of rotatable bonds is 2. The Hall–Kier alpha value is -1.03. The molecule has 0 aliphatic carbocycles. The number of β-amino-alcohol motifs (C(OH)–C–C–N with tert-alkyl or cyclic N) is 1. The smallest absolute Gasteiger partial charge is 0.409 e. The molecule has 2 atom stereocenters. The summed E-state index contributed by atoms with van der Waals surface area (Å²) < 4.78 is 4.60. The Morgan fingerprint density at radius 1 is 1.85 bits per heavy atom. The van der Waals surface area contributed by atoms with E-state index >= 15 is 0 Å². The van der Waals surface area contributed by atoms with Crippen LogP contribution in [0.2, 0.25) is 0 Å². The standard InChI is InChI=1S/C9H15NO3/c1-3-4-7-5-8(11)6-10(7)9(12)13-2/h3,7-8,11H,1,4-6H2,2H3/t7-,8+/m1/s1. The molecule has 1 fully saturated rings. The maximum absolute atomic E-state index is 11.2. The normalized spacial score (nSPS) is 27.4. The van der Waals surface area contributed by atoms with Crippen molar-refractivity contribution in [3.05, 3.63) is 12.7 Å². The minimum absolute atomic E-state index is 0.0416. The fourth-order valence-electron chi connectivity index (χ4n) is 1.65. The molecule has 0 spiro atoms. The number of ether oxygens (including phenoxy) is 1. The van der Waals surface area contributed by atoms with Crippen molar-refractivity contribution in [1.29, 1.82) is 0 Å². The summed E-state index contributed by atoms with van der Waals surface area (Å²) in [4.78, 5) is 12.8. The van der Waals surface area contributed by atoms with E-state index in [1.54, 1.807) is 11.0 Å². The number of amides is 1. The summed E-state index contributed by atoms with van der Waals surface area (Å²) in [6, 6.07) is 0.0416. The van der Waals surface area contributed by atoms with Gasteiger partial charge in [0.05, 0.1) is 19.8 Å². The van der Waals surface area contributed by atoms with E-state index in [1.165, 1.54) is 7.11 Å². The van der Waals surface area contributed by atoms with Crippen molar-refractivity contribution >= 4 is 6.09 Å². The number of carbonyl (C=O) groups is 1. The second-order valence-electron chi connectivity index (χ2n) is 3.19. The molecule has 0 unspecified atom stereocenters. The molecule has 13 heavy (non-hydrogen) atoms. The molecule has 0 radical (unpaired) electrons. The van der Waals surface area contributed by atoms with Gasteiger partial charge in [-0.05, 0) is 12.8 Å². The molecule has 4 heteroatoms. The van der Waals surface area contributed by atoms with Gasteiger partial charge in [-0.15, -0.1) is 6.58 Å². The summed E-state index contributed by atoms with van der Waals surface area (Å²) in [5, 5.41) is 9.36. The van der Waals surface area contributed by atoms with Gasteiger partial charge in [-0.2, -0.15) is 0 Å². The molecular weight excluding hydrogens is 170 g/mol. The fraction of sp³-hybridized carbons (Fsp3) is 0.667. The van der Waals surface area contributed by atoms with Crippen LogP contribution in [0.1, 0.15) is 12.8 Å². The SMILES string of the molecule is C=CC[C@@H]1C[C@H](O)CN1C(=O)OC. The highest BCUT2D eigenvalue weighted by Gasteiger charge is 2.33. The molecule has 0 aromatic carbocycles. The van der Waals surface area contributed by atoms with Gasteiger partial charge in [0.1, 0.15) is 0 Å². The van der Waals surface area contributed by atoms with Crippen molar-refractivity contribution in [2.24, 2.45) is 0 Å². The summed E-state index contributed by atoms with van der Waals surface area (Å²) in [5.74, 6) is 0. The van der Waals surface area contributed by atoms with Crippen molar-refractivity contribution < 1.29 is 14.6 Å². The van der Waals surface area contributed by atoms with Gasteiger partial charge in [0, 0.05) is 6.04 Å². The van der Waals surface area contributed by atoms with E-state index in [2.05, 4.69) is 11.3 Å². The van der Waals surface area contributed by atoms with E-state index in [-0.39, 0.29) is 12.1 Å². The molecule has 0 saturated carbocycles. The number of carbonyl (C=O) groups excluding carboxylic acids is 1. The lowest BCUT2D eigenvalue weighted by Crippen LogP contribution is -2.35. The molecular formula is C9H15NO3. The number of likely N-dealkylation sites (tertiary alicyclic amines) is 1. The lowest BCUT2D eigenvalue weighted by Gasteiger charge is -2.21. The highest BCUT2D eigenvalue weighted by Crippen LogP contribution is 2.21. The van der Waals surface area contributed by atoms with Gasteiger partial charge >= 0.3 is 6.09 Å². The average Bonchev–Trinajstić information content (AvgIpc) is 2.46. The third-order valence-corrected chi connectivity index (χ3v) is 2.24. The van der Waals surface area contributed by atoms with Crippen LogP contribution >= 0.6 is 0 Å². The number of hydrogen-bond donors (Lipinski definition) is 1. The lowest BCUT2D eigenvalue weighted by atomic mass is 10.1. The molecule has 1 saturated heterocycles. The second kappa shape index (κ2) is 4.28.